The number of hydrogen-bond donors (Lipinski definition) is 2. The maximum Gasteiger partial charge on any atom is 0.258 e. The van der Waals surface area contributed by atoms with E-state index in [4.69, 9.17) is 10.5 Å². The zero-order valence-electron chi connectivity index (χ0n) is 9.88. The molecule has 96 valence electrons. The molecule has 1 heterocycles. The highest BCUT2D eigenvalue weighted by atomic mass is 32.2. The van der Waals surface area contributed by atoms with Crippen LogP contribution in [0.2, 0.25) is 0 Å². The summed E-state index contributed by atoms with van der Waals surface area (Å²) < 4.78 is 31.0. The summed E-state index contributed by atoms with van der Waals surface area (Å²) in [6, 6.07) is 2.77. The van der Waals surface area contributed by atoms with Gasteiger partial charge < -0.3 is 10.5 Å². The molecule has 0 saturated carbocycles. The zero-order valence-corrected chi connectivity index (χ0v) is 10.7. The number of rotatable bonds is 6. The Morgan fingerprint density at radius 1 is 1.53 bits per heavy atom. The van der Waals surface area contributed by atoms with E-state index in [1.54, 1.807) is 13.0 Å². The summed E-state index contributed by atoms with van der Waals surface area (Å²) >= 11 is 0. The van der Waals surface area contributed by atoms with Crippen LogP contribution in [0.4, 0.5) is 0 Å². The Labute approximate surface area is 101 Å². The van der Waals surface area contributed by atoms with Gasteiger partial charge in [0, 0.05) is 25.9 Å². The molecule has 1 rings (SSSR count). The molecule has 0 saturated heterocycles. The zero-order chi connectivity index (χ0) is 12.9. The number of ether oxygens (including phenoxy) is 1. The molecule has 3 N–H and O–H groups in total. The molecule has 0 radical (unpaired) electrons. The Kier molecular flexibility index (Phi) is 5.01. The Morgan fingerprint density at radius 3 is 2.71 bits per heavy atom. The SMILES string of the molecule is COCC(C)NS(=O)(=O)c1ccc(CN)cn1. The first kappa shape index (κ1) is 14.0. The Bertz CT molecular complexity index is 444. The molecule has 0 bridgehead atoms. The summed E-state index contributed by atoms with van der Waals surface area (Å²) in [7, 11) is -2.08. The van der Waals surface area contributed by atoms with Crippen LogP contribution in [0.25, 0.3) is 0 Å². The van der Waals surface area contributed by atoms with E-state index in [9.17, 15) is 8.42 Å². The number of methoxy groups -OCH3 is 1. The number of nitrogens with one attached hydrogen (secondary N) is 1. The van der Waals surface area contributed by atoms with Crippen LogP contribution < -0.4 is 10.5 Å². The quantitative estimate of drug-likeness (QED) is 0.741. The van der Waals surface area contributed by atoms with Crippen LogP contribution in [-0.4, -0.2) is 33.2 Å². The van der Waals surface area contributed by atoms with Gasteiger partial charge >= 0.3 is 0 Å². The minimum atomic E-state index is -3.59. The minimum Gasteiger partial charge on any atom is -0.383 e. The van der Waals surface area contributed by atoms with Gasteiger partial charge in [-0.3, -0.25) is 0 Å². The van der Waals surface area contributed by atoms with Gasteiger partial charge in [-0.15, -0.1) is 0 Å². The van der Waals surface area contributed by atoms with Crippen LogP contribution in [0.1, 0.15) is 12.5 Å². The predicted octanol–water partition coefficient (Wildman–Crippen LogP) is -0.146. The van der Waals surface area contributed by atoms with Crippen molar-refractivity contribution in [1.82, 2.24) is 9.71 Å². The molecule has 1 atom stereocenters. The number of nitrogens with two attached hydrogens (primary N) is 1. The lowest BCUT2D eigenvalue weighted by molar-refractivity contribution is 0.180. The second-order valence-corrected chi connectivity index (χ2v) is 5.35. The van der Waals surface area contributed by atoms with Gasteiger partial charge in [-0.1, -0.05) is 6.07 Å². The van der Waals surface area contributed by atoms with E-state index < -0.39 is 10.0 Å². The number of pyridine rings is 1. The van der Waals surface area contributed by atoms with Gasteiger partial charge in [0.2, 0.25) is 0 Å². The summed E-state index contributed by atoms with van der Waals surface area (Å²) in [5.74, 6) is 0. The number of sulfonamides is 1. The summed E-state index contributed by atoms with van der Waals surface area (Å²) in [5.41, 5.74) is 6.19. The van der Waals surface area contributed by atoms with Crippen molar-refractivity contribution in [2.45, 2.75) is 24.5 Å². The van der Waals surface area contributed by atoms with Crippen molar-refractivity contribution in [3.8, 4) is 0 Å². The topological polar surface area (TPSA) is 94.3 Å². The molecule has 0 fully saturated rings. The van der Waals surface area contributed by atoms with E-state index >= 15 is 0 Å². The molecule has 7 heteroatoms. The van der Waals surface area contributed by atoms with Crippen molar-refractivity contribution in [1.29, 1.82) is 0 Å². The first-order chi connectivity index (χ1) is 7.99. The van der Waals surface area contributed by atoms with Gasteiger partial charge in [-0.25, -0.2) is 18.1 Å². The van der Waals surface area contributed by atoms with Crippen LogP contribution in [0.3, 0.4) is 0 Å². The molecule has 6 nitrogen and oxygen atoms in total. The van der Waals surface area contributed by atoms with Crippen molar-refractivity contribution in [3.63, 3.8) is 0 Å². The van der Waals surface area contributed by atoms with Gasteiger partial charge in [-0.2, -0.15) is 0 Å². The van der Waals surface area contributed by atoms with Gasteiger partial charge in [-0.05, 0) is 18.6 Å². The monoisotopic (exact) mass is 259 g/mol. The molecule has 1 aromatic heterocycles. The third-order valence-electron chi connectivity index (χ3n) is 2.08. The van der Waals surface area contributed by atoms with Gasteiger partial charge in [0.05, 0.1) is 6.61 Å². The second-order valence-electron chi connectivity index (χ2n) is 3.69. The van der Waals surface area contributed by atoms with E-state index in [-0.39, 0.29) is 11.1 Å². The molecule has 0 aromatic carbocycles. The lowest BCUT2D eigenvalue weighted by Gasteiger charge is -2.12. The fourth-order valence-corrected chi connectivity index (χ4v) is 2.46. The third kappa shape index (κ3) is 4.04. The van der Waals surface area contributed by atoms with E-state index in [0.29, 0.717) is 13.2 Å². The third-order valence-corrected chi connectivity index (χ3v) is 3.59. The van der Waals surface area contributed by atoms with Crippen LogP contribution in [-0.2, 0) is 21.3 Å². The Morgan fingerprint density at radius 2 is 2.24 bits per heavy atom. The first-order valence-electron chi connectivity index (χ1n) is 5.16. The summed E-state index contributed by atoms with van der Waals surface area (Å²) in [5, 5.41) is -0.0161. The number of nitrogens with zero attached hydrogens (tertiary/aromatic N) is 1. The number of aromatic nitrogens is 1. The first-order valence-corrected chi connectivity index (χ1v) is 6.64. The van der Waals surface area contributed by atoms with Crippen molar-refractivity contribution >= 4 is 10.0 Å². The molecule has 0 aliphatic heterocycles. The molecule has 0 spiro atoms. The Hall–Kier alpha value is -1.02. The fraction of sp³-hybridized carbons (Fsp3) is 0.500. The summed E-state index contributed by atoms with van der Waals surface area (Å²) in [4.78, 5) is 3.86. The maximum absolute atomic E-state index is 11.9. The molecule has 0 aliphatic carbocycles. The Balaban J connectivity index is 2.82. The smallest absolute Gasteiger partial charge is 0.258 e. The second kappa shape index (κ2) is 6.06. The molecular formula is C10H17N3O3S. The molecular weight excluding hydrogens is 242 g/mol. The van der Waals surface area contributed by atoms with Crippen molar-refractivity contribution < 1.29 is 13.2 Å². The lowest BCUT2D eigenvalue weighted by Crippen LogP contribution is -2.36. The minimum absolute atomic E-state index is 0.0161. The van der Waals surface area contributed by atoms with E-state index in [0.717, 1.165) is 5.56 Å². The van der Waals surface area contributed by atoms with Crippen molar-refractivity contribution in [2.24, 2.45) is 5.73 Å². The van der Waals surface area contributed by atoms with Gasteiger partial charge in [0.25, 0.3) is 10.0 Å². The van der Waals surface area contributed by atoms with Gasteiger partial charge in [0.1, 0.15) is 0 Å². The normalized spacial score (nSPS) is 13.6. The number of hydrogen-bond acceptors (Lipinski definition) is 5. The molecule has 17 heavy (non-hydrogen) atoms. The highest BCUT2D eigenvalue weighted by molar-refractivity contribution is 7.89. The lowest BCUT2D eigenvalue weighted by atomic mass is 10.3. The van der Waals surface area contributed by atoms with Crippen LogP contribution in [0, 0.1) is 0 Å². The van der Waals surface area contributed by atoms with E-state index in [1.807, 2.05) is 0 Å². The van der Waals surface area contributed by atoms with Crippen LogP contribution >= 0.6 is 0 Å². The molecule has 0 aliphatic rings. The average Bonchev–Trinajstić information content (AvgIpc) is 2.28. The molecule has 1 unspecified atom stereocenters. The average molecular weight is 259 g/mol. The van der Waals surface area contributed by atoms with Crippen molar-refractivity contribution in [2.75, 3.05) is 13.7 Å². The predicted molar refractivity (Wildman–Crippen MR) is 63.8 cm³/mol. The summed E-state index contributed by atoms with van der Waals surface area (Å²) in [6.45, 7) is 2.36. The van der Waals surface area contributed by atoms with Gasteiger partial charge in [0.15, 0.2) is 5.03 Å². The van der Waals surface area contributed by atoms with E-state index in [1.165, 1.54) is 19.4 Å². The highest BCUT2D eigenvalue weighted by Gasteiger charge is 2.18. The molecule has 0 amide bonds. The maximum atomic E-state index is 11.9. The summed E-state index contributed by atoms with van der Waals surface area (Å²) in [6.07, 6.45) is 1.45. The van der Waals surface area contributed by atoms with E-state index in [2.05, 4.69) is 9.71 Å². The highest BCUT2D eigenvalue weighted by Crippen LogP contribution is 2.07. The standard InChI is InChI=1S/C10H17N3O3S/c1-8(7-16-2)13-17(14,15)10-4-3-9(5-11)6-12-10/h3-4,6,8,13H,5,7,11H2,1-2H3. The largest absolute Gasteiger partial charge is 0.383 e. The van der Waals surface area contributed by atoms with Crippen LogP contribution in [0.5, 0.6) is 0 Å². The van der Waals surface area contributed by atoms with Crippen molar-refractivity contribution in [3.05, 3.63) is 23.9 Å². The van der Waals surface area contributed by atoms with Crippen LogP contribution in [0.15, 0.2) is 23.4 Å². The molecule has 1 aromatic rings. The fourth-order valence-electron chi connectivity index (χ4n) is 1.30.